The van der Waals surface area contributed by atoms with Gasteiger partial charge in [0.25, 0.3) is 0 Å². The second-order valence-corrected chi connectivity index (χ2v) is 7.72. The van der Waals surface area contributed by atoms with E-state index in [1.807, 2.05) is 30.7 Å². The Morgan fingerprint density at radius 3 is 2.92 bits per heavy atom. The highest BCUT2D eigenvalue weighted by Crippen LogP contribution is 2.46. The molecule has 1 fully saturated rings. The molecule has 1 amide bonds. The average molecular weight is 387 g/mol. The van der Waals surface area contributed by atoms with Gasteiger partial charge in [0.05, 0.1) is 10.0 Å². The monoisotopic (exact) mass is 386 g/mol. The van der Waals surface area contributed by atoms with Gasteiger partial charge in [-0.05, 0) is 36.8 Å². The molecule has 2 atom stereocenters. The fourth-order valence-electron chi connectivity index (χ4n) is 2.97. The number of ether oxygens (including phenoxy) is 1. The molecule has 0 aromatic heterocycles. The molecule has 1 aromatic carbocycles. The largest absolute Gasteiger partial charge is 0.358 e. The first-order chi connectivity index (χ1) is 11.6. The topological polar surface area (TPSA) is 41.6 Å². The van der Waals surface area contributed by atoms with E-state index in [0.717, 1.165) is 31.4 Å². The van der Waals surface area contributed by atoms with Crippen LogP contribution in [0.3, 0.4) is 0 Å². The summed E-state index contributed by atoms with van der Waals surface area (Å²) in [6.07, 6.45) is 5.43. The van der Waals surface area contributed by atoms with Crippen LogP contribution in [0.1, 0.15) is 38.2 Å². The van der Waals surface area contributed by atoms with Gasteiger partial charge in [-0.1, -0.05) is 48.0 Å². The van der Waals surface area contributed by atoms with Crippen LogP contribution in [0.25, 0.3) is 0 Å². The summed E-state index contributed by atoms with van der Waals surface area (Å²) in [5, 5.41) is 6.10. The standard InChI is InChI=1S/C17H20Cl2N2O2S/c1-2-15(22)20-17(12-6-7-13(18)14(19)11-12)21(8-10-24-17)16-5-3-4-9-23-16/h6-8,10-11,16H,2-5,9H2,1H3,(H,20,22). The van der Waals surface area contributed by atoms with Gasteiger partial charge in [-0.2, -0.15) is 0 Å². The van der Waals surface area contributed by atoms with Crippen molar-refractivity contribution in [3.63, 3.8) is 0 Å². The van der Waals surface area contributed by atoms with Crippen LogP contribution in [0.15, 0.2) is 29.8 Å². The fourth-order valence-corrected chi connectivity index (χ4v) is 4.39. The van der Waals surface area contributed by atoms with E-state index in [2.05, 4.69) is 10.2 Å². The Bertz CT molecular complexity index is 649. The first-order valence-corrected chi connectivity index (χ1v) is 9.71. The molecule has 2 aliphatic rings. The number of carbonyl (C=O) groups is 1. The Balaban J connectivity index is 2.01. The third-order valence-electron chi connectivity index (χ3n) is 4.23. The summed E-state index contributed by atoms with van der Waals surface area (Å²) in [4.78, 5) is 13.6. The maximum atomic E-state index is 12.2. The zero-order valence-corrected chi connectivity index (χ0v) is 15.8. The van der Waals surface area contributed by atoms with Crippen molar-refractivity contribution in [3.8, 4) is 0 Å². The molecule has 2 unspecified atom stereocenters. The van der Waals surface area contributed by atoms with Crippen molar-refractivity contribution in [1.29, 1.82) is 0 Å². The predicted octanol–water partition coefficient (Wildman–Crippen LogP) is 4.68. The third-order valence-corrected chi connectivity index (χ3v) is 6.12. The molecule has 0 spiro atoms. The van der Waals surface area contributed by atoms with Crippen LogP contribution in [-0.4, -0.2) is 23.6 Å². The number of hydrogen-bond donors (Lipinski definition) is 1. The van der Waals surface area contributed by atoms with Gasteiger partial charge in [-0.3, -0.25) is 4.79 Å². The summed E-state index contributed by atoms with van der Waals surface area (Å²) in [6, 6.07) is 5.48. The van der Waals surface area contributed by atoms with Crippen molar-refractivity contribution in [2.45, 2.75) is 43.8 Å². The van der Waals surface area contributed by atoms with Gasteiger partial charge in [0.2, 0.25) is 5.91 Å². The minimum Gasteiger partial charge on any atom is -0.358 e. The number of rotatable bonds is 4. The molecule has 2 aliphatic heterocycles. The Morgan fingerprint density at radius 1 is 1.42 bits per heavy atom. The lowest BCUT2D eigenvalue weighted by Crippen LogP contribution is -2.56. The zero-order chi connectivity index (χ0) is 17.2. The lowest BCUT2D eigenvalue weighted by Gasteiger charge is -2.44. The van der Waals surface area contributed by atoms with Crippen LogP contribution in [0.4, 0.5) is 0 Å². The van der Waals surface area contributed by atoms with E-state index in [0.29, 0.717) is 16.5 Å². The molecular formula is C17H20Cl2N2O2S. The molecule has 1 N–H and O–H groups in total. The highest BCUT2D eigenvalue weighted by atomic mass is 35.5. The van der Waals surface area contributed by atoms with Gasteiger partial charge in [-0.15, -0.1) is 0 Å². The number of nitrogens with one attached hydrogen (secondary N) is 1. The normalized spacial score (nSPS) is 26.6. The van der Waals surface area contributed by atoms with Crippen molar-refractivity contribution in [2.24, 2.45) is 0 Å². The van der Waals surface area contributed by atoms with Crippen LogP contribution in [0.5, 0.6) is 0 Å². The highest BCUT2D eigenvalue weighted by Gasteiger charge is 2.45. The van der Waals surface area contributed by atoms with Crippen molar-refractivity contribution in [2.75, 3.05) is 6.61 Å². The molecular weight excluding hydrogens is 367 g/mol. The summed E-state index contributed by atoms with van der Waals surface area (Å²) in [5.41, 5.74) is 0.878. The lowest BCUT2D eigenvalue weighted by atomic mass is 10.1. The van der Waals surface area contributed by atoms with Gasteiger partial charge in [0, 0.05) is 24.8 Å². The van der Waals surface area contributed by atoms with Crippen molar-refractivity contribution < 1.29 is 9.53 Å². The van der Waals surface area contributed by atoms with Gasteiger partial charge >= 0.3 is 0 Å². The maximum Gasteiger partial charge on any atom is 0.222 e. The van der Waals surface area contributed by atoms with Crippen LogP contribution in [0.2, 0.25) is 10.0 Å². The first-order valence-electron chi connectivity index (χ1n) is 8.08. The number of benzene rings is 1. The SMILES string of the molecule is CCC(=O)NC1(c2ccc(Cl)c(Cl)c2)SC=CN1C1CCCCO1. The Labute approximate surface area is 156 Å². The molecule has 0 radical (unpaired) electrons. The third kappa shape index (κ3) is 3.40. The number of amides is 1. The molecule has 7 heteroatoms. The maximum absolute atomic E-state index is 12.2. The molecule has 130 valence electrons. The van der Waals surface area contributed by atoms with E-state index < -0.39 is 4.99 Å². The molecule has 4 nitrogen and oxygen atoms in total. The minimum absolute atomic E-state index is 0.0296. The number of hydrogen-bond acceptors (Lipinski definition) is 4. The number of carbonyl (C=O) groups excluding carboxylic acids is 1. The second-order valence-electron chi connectivity index (χ2n) is 5.81. The summed E-state index contributed by atoms with van der Waals surface area (Å²) < 4.78 is 5.96. The molecule has 3 rings (SSSR count). The van der Waals surface area contributed by atoms with Crippen molar-refractivity contribution in [1.82, 2.24) is 10.2 Å². The quantitative estimate of drug-likeness (QED) is 0.815. The van der Waals surface area contributed by atoms with Gasteiger partial charge in [-0.25, -0.2) is 0 Å². The molecule has 0 aliphatic carbocycles. The van der Waals surface area contributed by atoms with Gasteiger partial charge < -0.3 is 15.0 Å². The van der Waals surface area contributed by atoms with Gasteiger partial charge in [0.1, 0.15) is 6.23 Å². The summed E-state index contributed by atoms with van der Waals surface area (Å²) in [5.74, 6) is -0.0296. The van der Waals surface area contributed by atoms with E-state index in [-0.39, 0.29) is 12.1 Å². The van der Waals surface area contributed by atoms with Crippen molar-refractivity contribution in [3.05, 3.63) is 45.4 Å². The van der Waals surface area contributed by atoms with Crippen molar-refractivity contribution >= 4 is 40.9 Å². The Morgan fingerprint density at radius 2 is 2.25 bits per heavy atom. The molecule has 2 heterocycles. The minimum atomic E-state index is -0.761. The lowest BCUT2D eigenvalue weighted by molar-refractivity contribution is -0.128. The fraction of sp³-hybridized carbons (Fsp3) is 0.471. The van der Waals surface area contributed by atoms with E-state index in [1.165, 1.54) is 11.8 Å². The number of nitrogens with zero attached hydrogens (tertiary/aromatic N) is 1. The van der Waals surface area contributed by atoms with E-state index in [1.54, 1.807) is 6.07 Å². The number of halogens is 2. The van der Waals surface area contributed by atoms with Gasteiger partial charge in [0.15, 0.2) is 4.99 Å². The Hall–Kier alpha value is -0.880. The van der Waals surface area contributed by atoms with Crippen LogP contribution < -0.4 is 5.32 Å². The summed E-state index contributed by atoms with van der Waals surface area (Å²) in [7, 11) is 0. The molecule has 0 bridgehead atoms. The second kappa shape index (κ2) is 7.56. The smallest absolute Gasteiger partial charge is 0.222 e. The average Bonchev–Trinajstić information content (AvgIpc) is 3.02. The van der Waals surface area contributed by atoms with Crippen LogP contribution >= 0.6 is 35.0 Å². The zero-order valence-electron chi connectivity index (χ0n) is 13.4. The van der Waals surface area contributed by atoms with Crippen LogP contribution in [-0.2, 0) is 14.5 Å². The molecule has 0 saturated carbocycles. The van der Waals surface area contributed by atoms with E-state index in [4.69, 9.17) is 27.9 Å². The summed E-state index contributed by atoms with van der Waals surface area (Å²) in [6.45, 7) is 2.57. The number of thioether (sulfide) groups is 1. The first kappa shape index (κ1) is 17.9. The Kier molecular flexibility index (Phi) is 5.65. The molecule has 1 aromatic rings. The van der Waals surface area contributed by atoms with Crippen LogP contribution in [0, 0.1) is 0 Å². The van der Waals surface area contributed by atoms with E-state index in [9.17, 15) is 4.79 Å². The van der Waals surface area contributed by atoms with E-state index >= 15 is 0 Å². The highest BCUT2D eigenvalue weighted by molar-refractivity contribution is 8.03. The molecule has 24 heavy (non-hydrogen) atoms. The summed E-state index contributed by atoms with van der Waals surface area (Å²) >= 11 is 13.8. The predicted molar refractivity (Wildman–Crippen MR) is 98.7 cm³/mol. The molecule has 1 saturated heterocycles.